The van der Waals surface area contributed by atoms with E-state index in [4.69, 9.17) is 5.73 Å². The van der Waals surface area contributed by atoms with Crippen LogP contribution in [-0.4, -0.2) is 22.6 Å². The lowest BCUT2D eigenvalue weighted by Crippen LogP contribution is -2.36. The van der Waals surface area contributed by atoms with Crippen molar-refractivity contribution in [2.45, 2.75) is 32.7 Å². The number of hydrogen-bond donors (Lipinski definition) is 2. The highest BCUT2D eigenvalue weighted by Gasteiger charge is 2.14. The monoisotopic (exact) mass is 286 g/mol. The Morgan fingerprint density at radius 1 is 1.44 bits per heavy atom. The minimum Gasteiger partial charge on any atom is -0.367 e. The molecule has 1 atom stereocenters. The number of nitrogens with one attached hydrogen (secondary N) is 1. The molecule has 90 valence electrons. The van der Waals surface area contributed by atoms with Crippen molar-refractivity contribution in [2.24, 2.45) is 11.7 Å². The Hall–Kier alpha value is -0.680. The first-order valence-corrected chi connectivity index (χ1v) is 6.43. The van der Waals surface area contributed by atoms with Gasteiger partial charge in [-0.15, -0.1) is 0 Å². The molecule has 3 N–H and O–H groups in total. The average molecular weight is 287 g/mol. The highest BCUT2D eigenvalue weighted by Crippen LogP contribution is 2.18. The molecule has 1 heterocycles. The zero-order valence-electron chi connectivity index (χ0n) is 9.78. The maximum atomic E-state index is 6.12. The third-order valence-electron chi connectivity index (χ3n) is 2.83. The van der Waals surface area contributed by atoms with E-state index in [1.165, 1.54) is 6.33 Å². The normalized spacial score (nSPS) is 12.8. The number of aromatic nitrogens is 2. The van der Waals surface area contributed by atoms with Gasteiger partial charge < -0.3 is 11.1 Å². The molecule has 0 radical (unpaired) electrons. The van der Waals surface area contributed by atoms with Crippen LogP contribution in [0.15, 0.2) is 17.0 Å². The number of nitrogens with zero attached hydrogens (tertiary/aromatic N) is 2. The van der Waals surface area contributed by atoms with Crippen molar-refractivity contribution in [2.75, 3.05) is 11.9 Å². The fourth-order valence-electron chi connectivity index (χ4n) is 1.72. The van der Waals surface area contributed by atoms with E-state index in [9.17, 15) is 0 Å². The summed E-state index contributed by atoms with van der Waals surface area (Å²) in [4.78, 5) is 8.05. The predicted octanol–water partition coefficient (Wildman–Crippen LogP) is 2.41. The van der Waals surface area contributed by atoms with E-state index < -0.39 is 0 Å². The zero-order valence-corrected chi connectivity index (χ0v) is 11.4. The average Bonchev–Trinajstić information content (AvgIpc) is 2.29. The van der Waals surface area contributed by atoms with Gasteiger partial charge in [-0.3, -0.25) is 0 Å². The molecule has 16 heavy (non-hydrogen) atoms. The molecule has 0 saturated carbocycles. The summed E-state index contributed by atoms with van der Waals surface area (Å²) in [7, 11) is 0. The number of rotatable bonds is 6. The van der Waals surface area contributed by atoms with Crippen LogP contribution in [-0.2, 0) is 0 Å². The standard InChI is InChI=1S/C11H19BrN4/c1-3-8(4-2)10(13)6-15-11-9(12)5-14-7-16-11/h5,7-8,10H,3-4,6,13H2,1-2H3,(H,14,15,16). The van der Waals surface area contributed by atoms with E-state index in [-0.39, 0.29) is 6.04 Å². The molecule has 0 aliphatic heterocycles. The molecule has 1 unspecified atom stereocenters. The number of hydrogen-bond acceptors (Lipinski definition) is 4. The van der Waals surface area contributed by atoms with Crippen molar-refractivity contribution in [1.82, 2.24) is 9.97 Å². The molecule has 4 nitrogen and oxygen atoms in total. The van der Waals surface area contributed by atoms with Gasteiger partial charge in [0.25, 0.3) is 0 Å². The minimum absolute atomic E-state index is 0.164. The van der Waals surface area contributed by atoms with Crippen LogP contribution in [0.25, 0.3) is 0 Å². The maximum Gasteiger partial charge on any atom is 0.143 e. The summed E-state index contributed by atoms with van der Waals surface area (Å²) in [6.07, 6.45) is 5.47. The number of nitrogens with two attached hydrogens (primary N) is 1. The van der Waals surface area contributed by atoms with E-state index in [0.29, 0.717) is 5.92 Å². The minimum atomic E-state index is 0.164. The third kappa shape index (κ3) is 3.72. The SMILES string of the molecule is CCC(CC)C(N)CNc1ncncc1Br. The molecule has 1 rings (SSSR count). The molecule has 1 aromatic heterocycles. The van der Waals surface area contributed by atoms with E-state index in [1.54, 1.807) is 6.20 Å². The molecule has 0 amide bonds. The zero-order chi connectivity index (χ0) is 12.0. The fourth-order valence-corrected chi connectivity index (χ4v) is 2.08. The highest BCUT2D eigenvalue weighted by atomic mass is 79.9. The predicted molar refractivity (Wildman–Crippen MR) is 70.3 cm³/mol. The molecule has 0 spiro atoms. The maximum absolute atomic E-state index is 6.12. The van der Waals surface area contributed by atoms with E-state index in [1.807, 2.05) is 0 Å². The van der Waals surface area contributed by atoms with Crippen LogP contribution < -0.4 is 11.1 Å². The van der Waals surface area contributed by atoms with Crippen molar-refractivity contribution < 1.29 is 0 Å². The molecular formula is C11H19BrN4. The Kier molecular flexibility index (Phi) is 5.69. The van der Waals surface area contributed by atoms with Gasteiger partial charge in [0.15, 0.2) is 0 Å². The van der Waals surface area contributed by atoms with Gasteiger partial charge >= 0.3 is 0 Å². The van der Waals surface area contributed by atoms with Gasteiger partial charge in [0, 0.05) is 18.8 Å². The second-order valence-electron chi connectivity index (χ2n) is 3.84. The lowest BCUT2D eigenvalue weighted by atomic mass is 9.95. The Bertz CT molecular complexity index is 315. The van der Waals surface area contributed by atoms with Gasteiger partial charge in [0.1, 0.15) is 12.1 Å². The van der Waals surface area contributed by atoms with Crippen LogP contribution in [0.4, 0.5) is 5.82 Å². The summed E-state index contributed by atoms with van der Waals surface area (Å²) >= 11 is 3.39. The Balaban J connectivity index is 2.48. The first-order valence-electron chi connectivity index (χ1n) is 5.64. The first kappa shape index (κ1) is 13.4. The van der Waals surface area contributed by atoms with Crippen LogP contribution in [0, 0.1) is 5.92 Å². The molecule has 0 aromatic carbocycles. The van der Waals surface area contributed by atoms with Crippen molar-refractivity contribution in [3.8, 4) is 0 Å². The summed E-state index contributed by atoms with van der Waals surface area (Å²) < 4.78 is 0.867. The van der Waals surface area contributed by atoms with Crippen LogP contribution in [0.2, 0.25) is 0 Å². The molecular weight excluding hydrogens is 268 g/mol. The van der Waals surface area contributed by atoms with Gasteiger partial charge in [-0.1, -0.05) is 26.7 Å². The van der Waals surface area contributed by atoms with Crippen LogP contribution in [0.1, 0.15) is 26.7 Å². The third-order valence-corrected chi connectivity index (χ3v) is 3.41. The van der Waals surface area contributed by atoms with Crippen molar-refractivity contribution in [3.05, 3.63) is 17.0 Å². The number of anilines is 1. The lowest BCUT2D eigenvalue weighted by Gasteiger charge is -2.21. The summed E-state index contributed by atoms with van der Waals surface area (Å²) in [5.41, 5.74) is 6.12. The van der Waals surface area contributed by atoms with Crippen LogP contribution in [0.5, 0.6) is 0 Å². The first-order chi connectivity index (χ1) is 7.69. The van der Waals surface area contributed by atoms with Gasteiger partial charge in [0.2, 0.25) is 0 Å². The van der Waals surface area contributed by atoms with Gasteiger partial charge in [-0.05, 0) is 21.8 Å². The fraction of sp³-hybridized carbons (Fsp3) is 0.636. The summed E-state index contributed by atoms with van der Waals surface area (Å²) in [5.74, 6) is 1.37. The Morgan fingerprint density at radius 2 is 2.12 bits per heavy atom. The second-order valence-corrected chi connectivity index (χ2v) is 4.69. The van der Waals surface area contributed by atoms with E-state index in [0.717, 1.165) is 29.7 Å². The largest absolute Gasteiger partial charge is 0.367 e. The quantitative estimate of drug-likeness (QED) is 0.843. The second kappa shape index (κ2) is 6.81. The van der Waals surface area contributed by atoms with E-state index in [2.05, 4.69) is 45.1 Å². The molecule has 0 saturated heterocycles. The van der Waals surface area contributed by atoms with Crippen LogP contribution in [0.3, 0.4) is 0 Å². The number of halogens is 1. The highest BCUT2D eigenvalue weighted by molar-refractivity contribution is 9.10. The van der Waals surface area contributed by atoms with Crippen LogP contribution >= 0.6 is 15.9 Å². The van der Waals surface area contributed by atoms with Crippen molar-refractivity contribution >= 4 is 21.7 Å². The van der Waals surface area contributed by atoms with Crippen molar-refractivity contribution in [3.63, 3.8) is 0 Å². The van der Waals surface area contributed by atoms with Gasteiger partial charge in [-0.25, -0.2) is 9.97 Å². The van der Waals surface area contributed by atoms with Gasteiger partial charge in [0.05, 0.1) is 4.47 Å². The summed E-state index contributed by atoms with van der Waals surface area (Å²) in [5, 5.41) is 3.24. The molecule has 0 bridgehead atoms. The molecule has 1 aromatic rings. The molecule has 0 aliphatic rings. The van der Waals surface area contributed by atoms with Gasteiger partial charge in [-0.2, -0.15) is 0 Å². The molecule has 0 aliphatic carbocycles. The topological polar surface area (TPSA) is 63.8 Å². The smallest absolute Gasteiger partial charge is 0.143 e. The summed E-state index contributed by atoms with van der Waals surface area (Å²) in [6, 6.07) is 0.164. The Morgan fingerprint density at radius 3 is 2.69 bits per heavy atom. The summed E-state index contributed by atoms with van der Waals surface area (Å²) in [6.45, 7) is 5.09. The van der Waals surface area contributed by atoms with E-state index >= 15 is 0 Å². The Labute approximate surface area is 105 Å². The molecule has 0 fully saturated rings. The molecule has 5 heteroatoms. The lowest BCUT2D eigenvalue weighted by molar-refractivity contribution is 0.407. The van der Waals surface area contributed by atoms with Crippen molar-refractivity contribution in [1.29, 1.82) is 0 Å².